The molecule has 1 aliphatic rings. The lowest BCUT2D eigenvalue weighted by atomic mass is 9.80. The zero-order valence-corrected chi connectivity index (χ0v) is 23.4. The summed E-state index contributed by atoms with van der Waals surface area (Å²) in [6, 6.07) is 0. The summed E-state index contributed by atoms with van der Waals surface area (Å²) in [6.45, 7) is 11.9. The smallest absolute Gasteiger partial charge is 0.325 e. The van der Waals surface area contributed by atoms with Crippen LogP contribution in [-0.4, -0.2) is 34.2 Å². The Morgan fingerprint density at radius 3 is 1.47 bits per heavy atom. The average molecular weight is 482 g/mol. The standard InChI is InChI=1S/C29H55NO4/c1-7-8-9-10-11-12-13-14-15-16-17-18-19-20-21-22-27(32)34-30-28(3,4)23-26(33-25(2)31)24-29(30,5)6/h26H,7-24H2,1-6H3. The van der Waals surface area contributed by atoms with Gasteiger partial charge in [-0.1, -0.05) is 96.8 Å². The Bertz CT molecular complexity index is 554. The first-order chi connectivity index (χ1) is 16.1. The second kappa shape index (κ2) is 16.5. The second-order valence-corrected chi connectivity index (χ2v) is 11.7. The summed E-state index contributed by atoms with van der Waals surface area (Å²) >= 11 is 0. The average Bonchev–Trinajstić information content (AvgIpc) is 2.72. The number of hydrogen-bond acceptors (Lipinski definition) is 5. The summed E-state index contributed by atoms with van der Waals surface area (Å²) in [5.74, 6) is -0.406. The SMILES string of the molecule is CCCCCCCCCCCCCCCCCC(=O)ON1C(C)(C)CC(OC(C)=O)CC1(C)C. The van der Waals surface area contributed by atoms with E-state index in [9.17, 15) is 9.59 Å². The van der Waals surface area contributed by atoms with E-state index in [1.807, 2.05) is 32.8 Å². The lowest BCUT2D eigenvalue weighted by Gasteiger charge is -2.52. The Kier molecular flexibility index (Phi) is 15.1. The molecule has 0 saturated carbocycles. The zero-order valence-electron chi connectivity index (χ0n) is 23.4. The number of nitrogens with zero attached hydrogens (tertiary/aromatic N) is 1. The molecular formula is C29H55NO4. The van der Waals surface area contributed by atoms with Crippen LogP contribution in [0.5, 0.6) is 0 Å². The summed E-state index contributed by atoms with van der Waals surface area (Å²) in [7, 11) is 0. The molecule has 1 rings (SSSR count). The summed E-state index contributed by atoms with van der Waals surface area (Å²) in [4.78, 5) is 29.8. The normalized spacial score (nSPS) is 18.1. The molecule has 0 unspecified atom stereocenters. The highest BCUT2D eigenvalue weighted by Crippen LogP contribution is 2.40. The van der Waals surface area contributed by atoms with Gasteiger partial charge in [-0.05, 0) is 34.1 Å². The summed E-state index contributed by atoms with van der Waals surface area (Å²) < 4.78 is 5.47. The third-order valence-electron chi connectivity index (χ3n) is 7.06. The van der Waals surface area contributed by atoms with Crippen molar-refractivity contribution >= 4 is 11.9 Å². The van der Waals surface area contributed by atoms with Crippen molar-refractivity contribution in [2.45, 2.75) is 174 Å². The molecule has 0 aromatic carbocycles. The first-order valence-corrected chi connectivity index (χ1v) is 14.3. The largest absolute Gasteiger partial charge is 0.462 e. The first-order valence-electron chi connectivity index (χ1n) is 14.3. The molecule has 0 aromatic rings. The molecular weight excluding hydrogens is 426 g/mol. The molecule has 0 aromatic heterocycles. The second-order valence-electron chi connectivity index (χ2n) is 11.7. The zero-order chi connectivity index (χ0) is 25.5. The quantitative estimate of drug-likeness (QED) is 0.146. The van der Waals surface area contributed by atoms with Gasteiger partial charge in [-0.2, -0.15) is 0 Å². The highest BCUT2D eigenvalue weighted by atomic mass is 16.7. The molecule has 5 nitrogen and oxygen atoms in total. The van der Waals surface area contributed by atoms with E-state index in [1.54, 1.807) is 0 Å². The van der Waals surface area contributed by atoms with E-state index < -0.39 is 0 Å². The molecule has 0 N–H and O–H groups in total. The van der Waals surface area contributed by atoms with Gasteiger partial charge in [0.25, 0.3) is 0 Å². The van der Waals surface area contributed by atoms with Crippen LogP contribution in [0.15, 0.2) is 0 Å². The maximum absolute atomic E-state index is 12.5. The fourth-order valence-electron chi connectivity index (χ4n) is 5.52. The van der Waals surface area contributed by atoms with E-state index in [-0.39, 0.29) is 29.1 Å². The van der Waals surface area contributed by atoms with Crippen LogP contribution >= 0.6 is 0 Å². The van der Waals surface area contributed by atoms with Gasteiger partial charge in [-0.25, -0.2) is 0 Å². The Hall–Kier alpha value is -1.10. The van der Waals surface area contributed by atoms with Crippen LogP contribution in [0, 0.1) is 0 Å². The van der Waals surface area contributed by atoms with Gasteiger partial charge in [-0.3, -0.25) is 9.59 Å². The van der Waals surface area contributed by atoms with Gasteiger partial charge in [0, 0.05) is 26.2 Å². The number of hydroxylamine groups is 2. The lowest BCUT2D eigenvalue weighted by Crippen LogP contribution is -2.62. The van der Waals surface area contributed by atoms with Crippen molar-refractivity contribution in [2.24, 2.45) is 0 Å². The highest BCUT2D eigenvalue weighted by molar-refractivity contribution is 5.69. The molecule has 1 saturated heterocycles. The van der Waals surface area contributed by atoms with Gasteiger partial charge >= 0.3 is 11.9 Å². The molecule has 1 fully saturated rings. The van der Waals surface area contributed by atoms with E-state index >= 15 is 0 Å². The maximum Gasteiger partial charge on any atom is 0.325 e. The van der Waals surface area contributed by atoms with Crippen molar-refractivity contribution in [3.63, 3.8) is 0 Å². The number of rotatable bonds is 18. The molecule has 0 radical (unpaired) electrons. The van der Waals surface area contributed by atoms with Crippen LogP contribution in [0.3, 0.4) is 0 Å². The number of esters is 1. The minimum absolute atomic E-state index is 0.145. The number of hydrogen-bond donors (Lipinski definition) is 0. The Morgan fingerprint density at radius 1 is 0.706 bits per heavy atom. The molecule has 0 spiro atoms. The minimum Gasteiger partial charge on any atom is -0.462 e. The van der Waals surface area contributed by atoms with Crippen molar-refractivity contribution in [3.8, 4) is 0 Å². The van der Waals surface area contributed by atoms with Crippen molar-refractivity contribution < 1.29 is 19.2 Å². The van der Waals surface area contributed by atoms with Gasteiger partial charge < -0.3 is 9.57 Å². The molecule has 0 amide bonds. The van der Waals surface area contributed by atoms with Crippen LogP contribution in [0.1, 0.15) is 157 Å². The molecule has 1 heterocycles. The van der Waals surface area contributed by atoms with E-state index in [2.05, 4.69) is 6.92 Å². The third-order valence-corrected chi connectivity index (χ3v) is 7.06. The molecule has 200 valence electrons. The molecule has 5 heteroatoms. The molecule has 1 aliphatic heterocycles. The number of ether oxygens (including phenoxy) is 1. The Balaban J connectivity index is 2.09. The van der Waals surface area contributed by atoms with Crippen LogP contribution in [-0.2, 0) is 19.2 Å². The molecule has 0 bridgehead atoms. The van der Waals surface area contributed by atoms with E-state index in [4.69, 9.17) is 9.57 Å². The number of unbranched alkanes of at least 4 members (excludes halogenated alkanes) is 14. The van der Waals surface area contributed by atoms with Gasteiger partial charge in [-0.15, -0.1) is 5.06 Å². The summed E-state index contributed by atoms with van der Waals surface area (Å²) in [5, 5.41) is 1.84. The van der Waals surface area contributed by atoms with Crippen LogP contribution in [0.2, 0.25) is 0 Å². The highest BCUT2D eigenvalue weighted by Gasteiger charge is 2.49. The number of carbonyl (C=O) groups excluding carboxylic acids is 2. The van der Waals surface area contributed by atoms with Gasteiger partial charge in [0.2, 0.25) is 0 Å². The van der Waals surface area contributed by atoms with Crippen LogP contribution < -0.4 is 0 Å². The van der Waals surface area contributed by atoms with Gasteiger partial charge in [0.1, 0.15) is 6.10 Å². The lowest BCUT2D eigenvalue weighted by molar-refractivity contribution is -0.277. The molecule has 0 aliphatic carbocycles. The van der Waals surface area contributed by atoms with Crippen LogP contribution in [0.25, 0.3) is 0 Å². The molecule has 0 atom stereocenters. The minimum atomic E-state index is -0.382. The monoisotopic (exact) mass is 481 g/mol. The predicted octanol–water partition coefficient (Wildman–Crippen LogP) is 8.29. The maximum atomic E-state index is 12.5. The van der Waals surface area contributed by atoms with Crippen molar-refractivity contribution in [1.82, 2.24) is 5.06 Å². The predicted molar refractivity (Wildman–Crippen MR) is 140 cm³/mol. The first kappa shape index (κ1) is 30.9. The van der Waals surface area contributed by atoms with E-state index in [0.717, 1.165) is 12.8 Å². The topological polar surface area (TPSA) is 55.8 Å². The van der Waals surface area contributed by atoms with E-state index in [1.165, 1.54) is 90.4 Å². The van der Waals surface area contributed by atoms with Crippen molar-refractivity contribution in [2.75, 3.05) is 0 Å². The summed E-state index contributed by atoms with van der Waals surface area (Å²) in [6.07, 6.45) is 21.3. The number of piperidine rings is 1. The Morgan fingerprint density at radius 2 is 1.09 bits per heavy atom. The molecule has 34 heavy (non-hydrogen) atoms. The van der Waals surface area contributed by atoms with Crippen molar-refractivity contribution in [3.05, 3.63) is 0 Å². The Labute approximate surface area is 210 Å². The van der Waals surface area contributed by atoms with Gasteiger partial charge in [0.05, 0.1) is 11.1 Å². The van der Waals surface area contributed by atoms with Crippen LogP contribution in [0.4, 0.5) is 0 Å². The third kappa shape index (κ3) is 13.1. The van der Waals surface area contributed by atoms with Gasteiger partial charge in [0.15, 0.2) is 0 Å². The van der Waals surface area contributed by atoms with E-state index in [0.29, 0.717) is 19.3 Å². The fourth-order valence-corrected chi connectivity index (χ4v) is 5.52. The van der Waals surface area contributed by atoms with Crippen molar-refractivity contribution in [1.29, 1.82) is 0 Å². The number of carbonyl (C=O) groups is 2. The fraction of sp³-hybridized carbons (Fsp3) is 0.931. The summed E-state index contributed by atoms with van der Waals surface area (Å²) in [5.41, 5.74) is -0.765.